The molecule has 0 saturated carbocycles. The van der Waals surface area contributed by atoms with Crippen molar-refractivity contribution in [1.82, 2.24) is 4.57 Å². The zero-order chi connectivity index (χ0) is 7.52. The molecule has 0 radical (unpaired) electrons. The standard InChI is InChI=1S/C9H13NO/c1-2-6-10(5-1)8-9-4-3-7-11-9/h1-2,5-6,9H,3-4,7-8H2. The molecule has 2 nitrogen and oxygen atoms in total. The highest BCUT2D eigenvalue weighted by atomic mass is 16.5. The summed E-state index contributed by atoms with van der Waals surface area (Å²) in [5.74, 6) is 0. The molecular formula is C9H13NO. The molecule has 2 heterocycles. The molecule has 0 aromatic carbocycles. The molecule has 2 rings (SSSR count). The predicted octanol–water partition coefficient (Wildman–Crippen LogP) is 1.67. The van der Waals surface area contributed by atoms with Crippen LogP contribution in [0.3, 0.4) is 0 Å². The smallest absolute Gasteiger partial charge is 0.0754 e. The topological polar surface area (TPSA) is 14.2 Å². The van der Waals surface area contributed by atoms with Crippen LogP contribution in [0.1, 0.15) is 12.8 Å². The third-order valence-corrected chi connectivity index (χ3v) is 2.10. The number of ether oxygens (including phenoxy) is 1. The van der Waals surface area contributed by atoms with Crippen LogP contribution in [0.4, 0.5) is 0 Å². The van der Waals surface area contributed by atoms with Crippen molar-refractivity contribution in [2.45, 2.75) is 25.5 Å². The van der Waals surface area contributed by atoms with Gasteiger partial charge in [-0.1, -0.05) is 0 Å². The largest absolute Gasteiger partial charge is 0.376 e. The average molecular weight is 151 g/mol. The van der Waals surface area contributed by atoms with Crippen molar-refractivity contribution in [3.05, 3.63) is 24.5 Å². The van der Waals surface area contributed by atoms with Crippen molar-refractivity contribution in [1.29, 1.82) is 0 Å². The third kappa shape index (κ3) is 1.63. The molecule has 1 aliphatic heterocycles. The van der Waals surface area contributed by atoms with Gasteiger partial charge < -0.3 is 9.30 Å². The molecule has 1 atom stereocenters. The van der Waals surface area contributed by atoms with E-state index in [0.717, 1.165) is 13.2 Å². The molecule has 1 unspecified atom stereocenters. The van der Waals surface area contributed by atoms with E-state index in [-0.39, 0.29) is 0 Å². The summed E-state index contributed by atoms with van der Waals surface area (Å²) in [6, 6.07) is 4.10. The average Bonchev–Trinajstić information content (AvgIpc) is 2.60. The highest BCUT2D eigenvalue weighted by Crippen LogP contribution is 2.13. The van der Waals surface area contributed by atoms with Crippen molar-refractivity contribution in [3.63, 3.8) is 0 Å². The van der Waals surface area contributed by atoms with Gasteiger partial charge in [0.2, 0.25) is 0 Å². The van der Waals surface area contributed by atoms with Gasteiger partial charge in [0.25, 0.3) is 0 Å². The van der Waals surface area contributed by atoms with Gasteiger partial charge in [-0.05, 0) is 25.0 Å². The lowest BCUT2D eigenvalue weighted by atomic mass is 10.2. The Labute approximate surface area is 66.8 Å². The van der Waals surface area contributed by atoms with Gasteiger partial charge in [-0.2, -0.15) is 0 Å². The second-order valence-corrected chi connectivity index (χ2v) is 3.01. The zero-order valence-electron chi connectivity index (χ0n) is 6.57. The van der Waals surface area contributed by atoms with Crippen LogP contribution in [-0.2, 0) is 11.3 Å². The van der Waals surface area contributed by atoms with Gasteiger partial charge in [0, 0.05) is 25.5 Å². The molecule has 11 heavy (non-hydrogen) atoms. The molecule has 1 saturated heterocycles. The first-order valence-corrected chi connectivity index (χ1v) is 4.17. The van der Waals surface area contributed by atoms with Gasteiger partial charge in [-0.25, -0.2) is 0 Å². The molecule has 0 N–H and O–H groups in total. The van der Waals surface area contributed by atoms with E-state index in [1.165, 1.54) is 12.8 Å². The molecule has 2 heteroatoms. The summed E-state index contributed by atoms with van der Waals surface area (Å²) < 4.78 is 7.68. The minimum atomic E-state index is 0.461. The van der Waals surface area contributed by atoms with Gasteiger partial charge in [0.05, 0.1) is 6.10 Å². The third-order valence-electron chi connectivity index (χ3n) is 2.10. The Bertz CT molecular complexity index is 199. The van der Waals surface area contributed by atoms with Gasteiger partial charge in [-0.15, -0.1) is 0 Å². The first kappa shape index (κ1) is 6.92. The summed E-state index contributed by atoms with van der Waals surface area (Å²) in [5.41, 5.74) is 0. The SMILES string of the molecule is c1ccn(CC2CCCO2)c1. The van der Waals surface area contributed by atoms with Crippen LogP contribution in [0.25, 0.3) is 0 Å². The Balaban J connectivity index is 1.90. The Hall–Kier alpha value is -0.760. The van der Waals surface area contributed by atoms with Gasteiger partial charge in [0.15, 0.2) is 0 Å². The van der Waals surface area contributed by atoms with E-state index in [1.807, 2.05) is 0 Å². The second-order valence-electron chi connectivity index (χ2n) is 3.01. The first-order valence-electron chi connectivity index (χ1n) is 4.17. The Morgan fingerprint density at radius 3 is 2.82 bits per heavy atom. The Kier molecular flexibility index (Phi) is 1.95. The fourth-order valence-electron chi connectivity index (χ4n) is 1.52. The lowest BCUT2D eigenvalue weighted by Crippen LogP contribution is -2.13. The molecule has 0 bridgehead atoms. The first-order chi connectivity index (χ1) is 5.45. The van der Waals surface area contributed by atoms with Crippen LogP contribution >= 0.6 is 0 Å². The van der Waals surface area contributed by atoms with Crippen LogP contribution in [0, 0.1) is 0 Å². The lowest BCUT2D eigenvalue weighted by Gasteiger charge is -2.09. The molecule has 0 amide bonds. The summed E-state index contributed by atoms with van der Waals surface area (Å²) in [4.78, 5) is 0. The van der Waals surface area contributed by atoms with Crippen molar-refractivity contribution in [2.24, 2.45) is 0 Å². The van der Waals surface area contributed by atoms with Crippen molar-refractivity contribution in [2.75, 3.05) is 6.61 Å². The van der Waals surface area contributed by atoms with E-state index in [4.69, 9.17) is 4.74 Å². The van der Waals surface area contributed by atoms with Crippen molar-refractivity contribution in [3.8, 4) is 0 Å². The van der Waals surface area contributed by atoms with Crippen LogP contribution in [0.5, 0.6) is 0 Å². The zero-order valence-corrected chi connectivity index (χ0v) is 6.57. The highest BCUT2D eigenvalue weighted by Gasteiger charge is 2.14. The predicted molar refractivity (Wildman–Crippen MR) is 43.4 cm³/mol. The number of aromatic nitrogens is 1. The summed E-state index contributed by atoms with van der Waals surface area (Å²) in [6.45, 7) is 1.97. The van der Waals surface area contributed by atoms with Gasteiger partial charge >= 0.3 is 0 Å². The molecule has 1 fully saturated rings. The molecule has 0 spiro atoms. The minimum absolute atomic E-state index is 0.461. The quantitative estimate of drug-likeness (QED) is 0.627. The summed E-state index contributed by atoms with van der Waals surface area (Å²) in [7, 11) is 0. The van der Waals surface area contributed by atoms with E-state index in [1.54, 1.807) is 0 Å². The van der Waals surface area contributed by atoms with E-state index in [2.05, 4.69) is 29.1 Å². The molecule has 1 aromatic heterocycles. The van der Waals surface area contributed by atoms with Gasteiger partial charge in [0.1, 0.15) is 0 Å². The molecular weight excluding hydrogens is 138 g/mol. The molecule has 60 valence electrons. The van der Waals surface area contributed by atoms with Crippen LogP contribution in [0.2, 0.25) is 0 Å². The van der Waals surface area contributed by atoms with Crippen LogP contribution < -0.4 is 0 Å². The summed E-state index contributed by atoms with van der Waals surface area (Å²) in [6.07, 6.45) is 7.08. The van der Waals surface area contributed by atoms with Crippen LogP contribution in [0.15, 0.2) is 24.5 Å². The highest BCUT2D eigenvalue weighted by molar-refractivity contribution is 4.91. The molecule has 1 aliphatic rings. The maximum absolute atomic E-state index is 5.51. The maximum Gasteiger partial charge on any atom is 0.0754 e. The monoisotopic (exact) mass is 151 g/mol. The van der Waals surface area contributed by atoms with E-state index in [0.29, 0.717) is 6.10 Å². The minimum Gasteiger partial charge on any atom is -0.376 e. The number of nitrogens with zero attached hydrogens (tertiary/aromatic N) is 1. The van der Waals surface area contributed by atoms with Crippen molar-refractivity contribution < 1.29 is 4.74 Å². The van der Waals surface area contributed by atoms with Crippen molar-refractivity contribution >= 4 is 0 Å². The summed E-state index contributed by atoms with van der Waals surface area (Å²) in [5, 5.41) is 0. The van der Waals surface area contributed by atoms with E-state index in [9.17, 15) is 0 Å². The fourth-order valence-corrected chi connectivity index (χ4v) is 1.52. The number of hydrogen-bond acceptors (Lipinski definition) is 1. The van der Waals surface area contributed by atoms with Crippen LogP contribution in [-0.4, -0.2) is 17.3 Å². The Morgan fingerprint density at radius 1 is 1.36 bits per heavy atom. The number of rotatable bonds is 2. The fraction of sp³-hybridized carbons (Fsp3) is 0.556. The second kappa shape index (κ2) is 3.09. The molecule has 0 aliphatic carbocycles. The van der Waals surface area contributed by atoms with Gasteiger partial charge in [-0.3, -0.25) is 0 Å². The van der Waals surface area contributed by atoms with E-state index < -0.39 is 0 Å². The summed E-state index contributed by atoms with van der Waals surface area (Å²) >= 11 is 0. The maximum atomic E-state index is 5.51. The Morgan fingerprint density at radius 2 is 2.18 bits per heavy atom. The molecule has 1 aromatic rings. The normalized spacial score (nSPS) is 24.2. The van der Waals surface area contributed by atoms with E-state index >= 15 is 0 Å². The number of hydrogen-bond donors (Lipinski definition) is 0. The lowest BCUT2D eigenvalue weighted by molar-refractivity contribution is 0.0971.